The standard InChI is InChI=1S/C16H21N3/c1-3-13(10-17)11-18-9-8-14-12(2)19-16-7-5-4-6-15(14)16/h4-7,13,18-19H,3,8-9,11H2,1-2H3. The predicted octanol–water partition coefficient (Wildman–Crippen LogP) is 3.16. The van der Waals surface area contributed by atoms with Crippen LogP contribution >= 0.6 is 0 Å². The van der Waals surface area contributed by atoms with E-state index in [1.807, 2.05) is 0 Å². The van der Waals surface area contributed by atoms with Crippen LogP contribution in [0.2, 0.25) is 0 Å². The van der Waals surface area contributed by atoms with Gasteiger partial charge in [-0.25, -0.2) is 0 Å². The first kappa shape index (κ1) is 13.6. The first-order valence-corrected chi connectivity index (χ1v) is 6.92. The summed E-state index contributed by atoms with van der Waals surface area (Å²) in [7, 11) is 0. The van der Waals surface area contributed by atoms with Gasteiger partial charge in [0.25, 0.3) is 0 Å². The van der Waals surface area contributed by atoms with E-state index in [9.17, 15) is 0 Å². The van der Waals surface area contributed by atoms with E-state index in [0.717, 1.165) is 25.9 Å². The minimum Gasteiger partial charge on any atom is -0.358 e. The number of hydrogen-bond acceptors (Lipinski definition) is 2. The van der Waals surface area contributed by atoms with Gasteiger partial charge in [-0.1, -0.05) is 25.1 Å². The zero-order valence-electron chi connectivity index (χ0n) is 11.7. The zero-order valence-corrected chi connectivity index (χ0v) is 11.7. The van der Waals surface area contributed by atoms with E-state index >= 15 is 0 Å². The minimum absolute atomic E-state index is 0.129. The third-order valence-corrected chi connectivity index (χ3v) is 3.64. The monoisotopic (exact) mass is 255 g/mol. The number of para-hydroxylation sites is 1. The van der Waals surface area contributed by atoms with Crippen LogP contribution in [0.1, 0.15) is 24.6 Å². The second-order valence-electron chi connectivity index (χ2n) is 4.96. The lowest BCUT2D eigenvalue weighted by Crippen LogP contribution is -2.24. The first-order valence-electron chi connectivity index (χ1n) is 6.92. The molecular weight excluding hydrogens is 234 g/mol. The van der Waals surface area contributed by atoms with Gasteiger partial charge in [0.05, 0.1) is 12.0 Å². The van der Waals surface area contributed by atoms with Crippen LogP contribution in [0.5, 0.6) is 0 Å². The number of aryl methyl sites for hydroxylation is 1. The van der Waals surface area contributed by atoms with Crippen LogP contribution in [0.15, 0.2) is 24.3 Å². The van der Waals surface area contributed by atoms with Crippen molar-refractivity contribution in [2.24, 2.45) is 5.92 Å². The van der Waals surface area contributed by atoms with Crippen LogP contribution in [-0.4, -0.2) is 18.1 Å². The van der Waals surface area contributed by atoms with Crippen LogP contribution in [0.3, 0.4) is 0 Å². The highest BCUT2D eigenvalue weighted by Crippen LogP contribution is 2.21. The molecule has 0 fully saturated rings. The van der Waals surface area contributed by atoms with Crippen molar-refractivity contribution in [2.75, 3.05) is 13.1 Å². The van der Waals surface area contributed by atoms with E-state index in [2.05, 4.69) is 54.5 Å². The molecule has 2 rings (SSSR count). The molecule has 1 atom stereocenters. The molecule has 0 spiro atoms. The van der Waals surface area contributed by atoms with Crippen molar-refractivity contribution in [1.82, 2.24) is 10.3 Å². The fourth-order valence-electron chi connectivity index (χ4n) is 2.43. The van der Waals surface area contributed by atoms with Crippen LogP contribution in [0.4, 0.5) is 0 Å². The van der Waals surface area contributed by atoms with Crippen molar-refractivity contribution >= 4 is 10.9 Å². The van der Waals surface area contributed by atoms with Crippen LogP contribution in [0.25, 0.3) is 10.9 Å². The molecule has 0 aliphatic heterocycles. The van der Waals surface area contributed by atoms with Crippen LogP contribution in [0, 0.1) is 24.2 Å². The molecule has 3 nitrogen and oxygen atoms in total. The fourth-order valence-corrected chi connectivity index (χ4v) is 2.43. The Morgan fingerprint density at radius 2 is 2.16 bits per heavy atom. The number of aromatic nitrogens is 1. The lowest BCUT2D eigenvalue weighted by Gasteiger charge is -2.08. The highest BCUT2D eigenvalue weighted by atomic mass is 14.9. The van der Waals surface area contributed by atoms with Crippen molar-refractivity contribution in [1.29, 1.82) is 5.26 Å². The molecule has 1 aromatic heterocycles. The van der Waals surface area contributed by atoms with Gasteiger partial charge in [-0.05, 0) is 37.9 Å². The summed E-state index contributed by atoms with van der Waals surface area (Å²) in [6.45, 7) is 5.88. The second kappa shape index (κ2) is 6.40. The molecule has 0 aliphatic carbocycles. The average molecular weight is 255 g/mol. The van der Waals surface area contributed by atoms with E-state index in [0.29, 0.717) is 0 Å². The Morgan fingerprint density at radius 3 is 2.89 bits per heavy atom. The topological polar surface area (TPSA) is 51.6 Å². The number of H-pyrrole nitrogens is 1. The van der Waals surface area contributed by atoms with Crippen LogP contribution < -0.4 is 5.32 Å². The first-order chi connectivity index (χ1) is 9.26. The summed E-state index contributed by atoms with van der Waals surface area (Å²) in [5.41, 5.74) is 3.84. The number of nitrogens with one attached hydrogen (secondary N) is 2. The zero-order chi connectivity index (χ0) is 13.7. The van der Waals surface area contributed by atoms with Crippen molar-refractivity contribution < 1.29 is 0 Å². The van der Waals surface area contributed by atoms with Crippen molar-refractivity contribution in [3.05, 3.63) is 35.5 Å². The molecular formula is C16H21N3. The Hall–Kier alpha value is -1.79. The van der Waals surface area contributed by atoms with Gasteiger partial charge in [-0.15, -0.1) is 0 Å². The molecule has 0 saturated heterocycles. The SMILES string of the molecule is CCC(C#N)CNCCc1c(C)[nH]c2ccccc12. The van der Waals surface area contributed by atoms with E-state index < -0.39 is 0 Å². The van der Waals surface area contributed by atoms with Gasteiger partial charge in [-0.2, -0.15) is 5.26 Å². The van der Waals surface area contributed by atoms with E-state index in [1.165, 1.54) is 22.2 Å². The Labute approximate surface area is 114 Å². The smallest absolute Gasteiger partial charge is 0.0669 e. The number of aromatic amines is 1. The summed E-state index contributed by atoms with van der Waals surface area (Å²) in [6, 6.07) is 10.7. The summed E-state index contributed by atoms with van der Waals surface area (Å²) >= 11 is 0. The Balaban J connectivity index is 1.95. The predicted molar refractivity (Wildman–Crippen MR) is 79.0 cm³/mol. The van der Waals surface area contributed by atoms with Crippen molar-refractivity contribution in [3.8, 4) is 6.07 Å². The maximum atomic E-state index is 8.90. The summed E-state index contributed by atoms with van der Waals surface area (Å²) in [5, 5.41) is 13.6. The molecule has 0 aliphatic rings. The number of nitrogens with zero attached hydrogens (tertiary/aromatic N) is 1. The van der Waals surface area contributed by atoms with Crippen molar-refractivity contribution in [2.45, 2.75) is 26.7 Å². The Bertz CT molecular complexity index is 577. The molecule has 1 heterocycles. The molecule has 19 heavy (non-hydrogen) atoms. The van der Waals surface area contributed by atoms with E-state index in [-0.39, 0.29) is 5.92 Å². The van der Waals surface area contributed by atoms with E-state index in [4.69, 9.17) is 5.26 Å². The highest BCUT2D eigenvalue weighted by molar-refractivity contribution is 5.84. The molecule has 0 bridgehead atoms. The summed E-state index contributed by atoms with van der Waals surface area (Å²) < 4.78 is 0. The van der Waals surface area contributed by atoms with Gasteiger partial charge < -0.3 is 10.3 Å². The molecule has 3 heteroatoms. The Kier molecular flexibility index (Phi) is 4.59. The largest absolute Gasteiger partial charge is 0.358 e. The third kappa shape index (κ3) is 3.15. The molecule has 1 unspecified atom stereocenters. The quantitative estimate of drug-likeness (QED) is 0.779. The van der Waals surface area contributed by atoms with Gasteiger partial charge in [0.1, 0.15) is 0 Å². The summed E-state index contributed by atoms with van der Waals surface area (Å²) in [6.07, 6.45) is 1.91. The number of benzene rings is 1. The highest BCUT2D eigenvalue weighted by Gasteiger charge is 2.08. The van der Waals surface area contributed by atoms with Gasteiger partial charge in [0.15, 0.2) is 0 Å². The van der Waals surface area contributed by atoms with Gasteiger partial charge >= 0.3 is 0 Å². The molecule has 0 saturated carbocycles. The lowest BCUT2D eigenvalue weighted by molar-refractivity contribution is 0.555. The minimum atomic E-state index is 0.129. The van der Waals surface area contributed by atoms with Gasteiger partial charge in [-0.3, -0.25) is 0 Å². The third-order valence-electron chi connectivity index (χ3n) is 3.64. The normalized spacial score (nSPS) is 12.5. The van der Waals surface area contributed by atoms with Gasteiger partial charge in [0.2, 0.25) is 0 Å². The molecule has 0 amide bonds. The fraction of sp³-hybridized carbons (Fsp3) is 0.438. The maximum absolute atomic E-state index is 8.90. The molecule has 0 radical (unpaired) electrons. The lowest BCUT2D eigenvalue weighted by atomic mass is 10.1. The molecule has 1 aromatic carbocycles. The van der Waals surface area contributed by atoms with Gasteiger partial charge in [0, 0.05) is 23.1 Å². The molecule has 100 valence electrons. The maximum Gasteiger partial charge on any atom is 0.0669 e. The van der Waals surface area contributed by atoms with E-state index in [1.54, 1.807) is 0 Å². The molecule has 2 aromatic rings. The number of rotatable bonds is 6. The second-order valence-corrected chi connectivity index (χ2v) is 4.96. The molecule has 2 N–H and O–H groups in total. The average Bonchev–Trinajstić information content (AvgIpc) is 2.75. The number of hydrogen-bond donors (Lipinski definition) is 2. The summed E-state index contributed by atoms with van der Waals surface area (Å²) in [4.78, 5) is 3.42. The van der Waals surface area contributed by atoms with Crippen molar-refractivity contribution in [3.63, 3.8) is 0 Å². The summed E-state index contributed by atoms with van der Waals surface area (Å²) in [5.74, 6) is 0.129. The number of nitriles is 1. The Morgan fingerprint density at radius 1 is 1.37 bits per heavy atom. The number of fused-ring (bicyclic) bond motifs is 1. The van der Waals surface area contributed by atoms with Crippen LogP contribution in [-0.2, 0) is 6.42 Å².